The molecular weight excluding hydrogens is 322 g/mol. The maximum absolute atomic E-state index is 12.0. The zero-order chi connectivity index (χ0) is 17.9. The number of carbonyl (C=O) groups excluding carboxylic acids is 3. The van der Waals surface area contributed by atoms with Crippen LogP contribution in [0.1, 0.15) is 21.5 Å². The average molecular weight is 341 g/mol. The first-order valence-corrected chi connectivity index (χ1v) is 7.68. The van der Waals surface area contributed by atoms with Crippen LogP contribution in [0.4, 0.5) is 4.79 Å². The van der Waals surface area contributed by atoms with Crippen molar-refractivity contribution < 1.29 is 19.1 Å². The number of rotatable bonds is 8. The lowest BCUT2D eigenvalue weighted by atomic mass is 10.1. The first kappa shape index (κ1) is 18.0. The van der Waals surface area contributed by atoms with Gasteiger partial charge < -0.3 is 20.7 Å². The summed E-state index contributed by atoms with van der Waals surface area (Å²) in [6.07, 6.45) is 0.00262. The number of hydrogen-bond donors (Lipinski definition) is 3. The monoisotopic (exact) mass is 341 g/mol. The van der Waals surface area contributed by atoms with Crippen LogP contribution in [-0.2, 0) is 22.7 Å². The molecule has 3 amide bonds. The van der Waals surface area contributed by atoms with Gasteiger partial charge in [0.1, 0.15) is 6.61 Å². The Morgan fingerprint density at radius 1 is 0.920 bits per heavy atom. The Morgan fingerprint density at radius 2 is 1.64 bits per heavy atom. The Kier molecular flexibility index (Phi) is 6.99. The molecule has 0 saturated heterocycles. The van der Waals surface area contributed by atoms with Gasteiger partial charge in [-0.3, -0.25) is 9.59 Å². The van der Waals surface area contributed by atoms with E-state index >= 15 is 0 Å². The molecule has 0 bridgehead atoms. The number of benzene rings is 2. The highest BCUT2D eigenvalue weighted by atomic mass is 16.5. The Hall–Kier alpha value is -3.35. The zero-order valence-electron chi connectivity index (χ0n) is 13.5. The van der Waals surface area contributed by atoms with Crippen LogP contribution in [-0.4, -0.2) is 25.1 Å². The van der Waals surface area contributed by atoms with Crippen LogP contribution in [0.5, 0.6) is 0 Å². The number of hydrogen-bond acceptors (Lipinski definition) is 4. The van der Waals surface area contributed by atoms with Crippen LogP contribution < -0.4 is 16.0 Å². The van der Waals surface area contributed by atoms with Crippen LogP contribution in [0, 0.1) is 0 Å². The third-order valence-electron chi connectivity index (χ3n) is 3.30. The van der Waals surface area contributed by atoms with E-state index in [2.05, 4.69) is 16.0 Å². The van der Waals surface area contributed by atoms with Gasteiger partial charge in [0.25, 0.3) is 5.91 Å². The van der Waals surface area contributed by atoms with Crippen molar-refractivity contribution in [1.29, 1.82) is 0 Å². The van der Waals surface area contributed by atoms with Crippen molar-refractivity contribution in [1.82, 2.24) is 16.0 Å². The number of alkyl carbamates (subject to hydrolysis) is 1. The molecule has 0 saturated carbocycles. The summed E-state index contributed by atoms with van der Waals surface area (Å²) in [5.74, 6) is -0.321. The summed E-state index contributed by atoms with van der Waals surface area (Å²) in [5.41, 5.74) is 2.21. The van der Waals surface area contributed by atoms with E-state index in [4.69, 9.17) is 4.74 Å². The fourth-order valence-corrected chi connectivity index (χ4v) is 2.01. The molecule has 7 nitrogen and oxygen atoms in total. The van der Waals surface area contributed by atoms with Crippen LogP contribution in [0.3, 0.4) is 0 Å². The van der Waals surface area contributed by atoms with Crippen molar-refractivity contribution in [3.8, 4) is 0 Å². The highest BCUT2D eigenvalue weighted by molar-refractivity contribution is 5.94. The molecule has 0 heterocycles. The first-order chi connectivity index (χ1) is 12.2. The molecule has 130 valence electrons. The van der Waals surface area contributed by atoms with Crippen molar-refractivity contribution in [2.45, 2.75) is 13.2 Å². The largest absolute Gasteiger partial charge is 0.445 e. The van der Waals surface area contributed by atoms with Gasteiger partial charge >= 0.3 is 6.09 Å². The minimum Gasteiger partial charge on any atom is -0.445 e. The Labute approximate surface area is 145 Å². The van der Waals surface area contributed by atoms with Gasteiger partial charge in [0, 0.05) is 12.1 Å². The Balaban J connectivity index is 1.69. The highest BCUT2D eigenvalue weighted by Crippen LogP contribution is 2.04. The van der Waals surface area contributed by atoms with E-state index in [1.807, 2.05) is 30.3 Å². The minimum atomic E-state index is -0.612. The second kappa shape index (κ2) is 9.71. The lowest BCUT2D eigenvalue weighted by molar-refractivity contribution is -0.109. The predicted octanol–water partition coefficient (Wildman–Crippen LogP) is 1.55. The van der Waals surface area contributed by atoms with E-state index in [1.54, 1.807) is 24.3 Å². The summed E-state index contributed by atoms with van der Waals surface area (Å²) in [6, 6.07) is 16.1. The van der Waals surface area contributed by atoms with Gasteiger partial charge in [-0.1, -0.05) is 42.5 Å². The van der Waals surface area contributed by atoms with E-state index in [1.165, 1.54) is 0 Å². The second-order valence-electron chi connectivity index (χ2n) is 5.12. The zero-order valence-corrected chi connectivity index (χ0v) is 13.5. The molecule has 0 aromatic heterocycles. The Bertz CT molecular complexity index is 702. The van der Waals surface area contributed by atoms with Crippen molar-refractivity contribution >= 4 is 18.4 Å². The topological polar surface area (TPSA) is 96.5 Å². The first-order valence-electron chi connectivity index (χ1n) is 7.68. The van der Waals surface area contributed by atoms with Crippen LogP contribution in [0.25, 0.3) is 0 Å². The van der Waals surface area contributed by atoms with Crippen molar-refractivity contribution in [2.75, 3.05) is 6.67 Å². The highest BCUT2D eigenvalue weighted by Gasteiger charge is 2.06. The maximum Gasteiger partial charge on any atom is 0.408 e. The standard InChI is InChI=1S/C18H19N3O4/c22-13-19-10-14-6-8-16(9-7-14)17(23)20-12-21-18(24)25-11-15-4-2-1-3-5-15/h1-9,13H,10-12H2,(H,19,22)(H,20,23)(H,21,24). The molecular formula is C18H19N3O4. The molecule has 3 N–H and O–H groups in total. The van der Waals surface area contributed by atoms with Gasteiger partial charge in [0.2, 0.25) is 6.41 Å². The summed E-state index contributed by atoms with van der Waals surface area (Å²) in [7, 11) is 0. The normalized spacial score (nSPS) is 9.76. The third kappa shape index (κ3) is 6.34. The SMILES string of the molecule is O=CNCc1ccc(C(=O)NCNC(=O)OCc2ccccc2)cc1. The van der Waals surface area contributed by atoms with Crippen LogP contribution in [0.2, 0.25) is 0 Å². The van der Waals surface area contributed by atoms with E-state index in [-0.39, 0.29) is 19.2 Å². The molecule has 0 aliphatic rings. The minimum absolute atomic E-state index is 0.0408. The summed E-state index contributed by atoms with van der Waals surface area (Å²) >= 11 is 0. The molecule has 0 aliphatic carbocycles. The molecule has 2 aromatic carbocycles. The molecule has 0 atom stereocenters. The summed E-state index contributed by atoms with van der Waals surface area (Å²) in [4.78, 5) is 33.7. The van der Waals surface area contributed by atoms with Crippen LogP contribution in [0.15, 0.2) is 54.6 Å². The second-order valence-corrected chi connectivity index (χ2v) is 5.12. The molecule has 0 radical (unpaired) electrons. The van der Waals surface area contributed by atoms with Gasteiger partial charge in [0.15, 0.2) is 0 Å². The maximum atomic E-state index is 12.0. The summed E-state index contributed by atoms with van der Waals surface area (Å²) in [6.45, 7) is 0.526. The fourth-order valence-electron chi connectivity index (χ4n) is 2.01. The molecule has 0 spiro atoms. The lowest BCUT2D eigenvalue weighted by Gasteiger charge is -2.09. The third-order valence-corrected chi connectivity index (χ3v) is 3.30. The number of amides is 3. The quantitative estimate of drug-likeness (QED) is 0.501. The predicted molar refractivity (Wildman–Crippen MR) is 91.4 cm³/mol. The van der Waals surface area contributed by atoms with Crippen molar-refractivity contribution in [3.05, 3.63) is 71.3 Å². The van der Waals surface area contributed by atoms with Crippen molar-refractivity contribution in [3.63, 3.8) is 0 Å². The van der Waals surface area contributed by atoms with E-state index in [0.29, 0.717) is 18.5 Å². The molecule has 2 rings (SSSR count). The van der Waals surface area contributed by atoms with E-state index in [9.17, 15) is 14.4 Å². The van der Waals surface area contributed by atoms with Gasteiger partial charge in [0.05, 0.1) is 6.67 Å². The number of carbonyl (C=O) groups is 3. The van der Waals surface area contributed by atoms with Gasteiger partial charge in [-0.2, -0.15) is 0 Å². The smallest absolute Gasteiger partial charge is 0.408 e. The fraction of sp³-hybridized carbons (Fsp3) is 0.167. The lowest BCUT2D eigenvalue weighted by Crippen LogP contribution is -2.37. The van der Waals surface area contributed by atoms with Gasteiger partial charge in [-0.05, 0) is 23.3 Å². The van der Waals surface area contributed by atoms with E-state index in [0.717, 1.165) is 11.1 Å². The molecule has 0 unspecified atom stereocenters. The van der Waals surface area contributed by atoms with Gasteiger partial charge in [-0.25, -0.2) is 4.79 Å². The molecule has 0 fully saturated rings. The summed E-state index contributed by atoms with van der Waals surface area (Å²) < 4.78 is 5.03. The number of ether oxygens (including phenoxy) is 1. The van der Waals surface area contributed by atoms with E-state index < -0.39 is 6.09 Å². The molecule has 2 aromatic rings. The van der Waals surface area contributed by atoms with Crippen molar-refractivity contribution in [2.24, 2.45) is 0 Å². The van der Waals surface area contributed by atoms with Crippen LogP contribution >= 0.6 is 0 Å². The Morgan fingerprint density at radius 3 is 2.32 bits per heavy atom. The number of nitrogens with one attached hydrogen (secondary N) is 3. The molecule has 7 heteroatoms. The average Bonchev–Trinajstić information content (AvgIpc) is 2.66. The summed E-state index contributed by atoms with van der Waals surface area (Å²) in [5, 5.41) is 7.56. The van der Waals surface area contributed by atoms with Gasteiger partial charge in [-0.15, -0.1) is 0 Å². The molecule has 0 aliphatic heterocycles. The molecule has 25 heavy (non-hydrogen) atoms.